The topological polar surface area (TPSA) is 43.4 Å². The van der Waals surface area contributed by atoms with Crippen molar-refractivity contribution < 1.29 is 14.3 Å². The van der Waals surface area contributed by atoms with Crippen molar-refractivity contribution in [3.8, 4) is 0 Å². The van der Waals surface area contributed by atoms with Crippen LogP contribution in [0.5, 0.6) is 0 Å². The van der Waals surface area contributed by atoms with Gasteiger partial charge in [-0.3, -0.25) is 9.59 Å². The maximum absolute atomic E-state index is 12.6. The highest BCUT2D eigenvalue weighted by atomic mass is 16.5. The number of Topliss-reactive ketones (excluding diaryl/α,β-unsaturated/α-hetero) is 1. The molecule has 0 saturated heterocycles. The Kier molecular flexibility index (Phi) is 5.61. The van der Waals surface area contributed by atoms with E-state index in [1.807, 2.05) is 6.92 Å². The number of carbonyl (C=O) groups excluding carboxylic acids is 2. The van der Waals surface area contributed by atoms with E-state index in [0.29, 0.717) is 24.5 Å². The second-order valence-electron chi connectivity index (χ2n) is 8.97. The molecule has 0 amide bonds. The highest BCUT2D eigenvalue weighted by Crippen LogP contribution is 2.59. The number of rotatable bonds is 5. The average Bonchev–Trinajstić information content (AvgIpc) is 2.49. The summed E-state index contributed by atoms with van der Waals surface area (Å²) in [5.74, 6) is 0.924. The van der Waals surface area contributed by atoms with E-state index in [-0.39, 0.29) is 22.7 Å². The first-order valence-electron chi connectivity index (χ1n) is 9.42. The van der Waals surface area contributed by atoms with Gasteiger partial charge >= 0.3 is 5.97 Å². The molecule has 0 N–H and O–H groups in total. The Labute approximate surface area is 147 Å². The average molecular weight is 335 g/mol. The van der Waals surface area contributed by atoms with Gasteiger partial charge in [-0.05, 0) is 60.8 Å². The van der Waals surface area contributed by atoms with Crippen LogP contribution in [0.25, 0.3) is 0 Å². The Bertz CT molecular complexity index is 543. The molecule has 3 atom stereocenters. The van der Waals surface area contributed by atoms with Crippen LogP contribution < -0.4 is 0 Å². The maximum Gasteiger partial charge on any atom is 0.305 e. The molecule has 2 aliphatic carbocycles. The smallest absolute Gasteiger partial charge is 0.305 e. The molecule has 1 fully saturated rings. The van der Waals surface area contributed by atoms with Crippen LogP contribution in [0.4, 0.5) is 0 Å². The zero-order chi connectivity index (χ0) is 18.1. The first kappa shape index (κ1) is 19.2. The van der Waals surface area contributed by atoms with Crippen molar-refractivity contribution >= 4 is 11.8 Å². The molecule has 0 aromatic heterocycles. The van der Waals surface area contributed by atoms with Crippen molar-refractivity contribution in [2.45, 2.75) is 79.6 Å². The highest BCUT2D eigenvalue weighted by Gasteiger charge is 2.51. The Balaban J connectivity index is 2.21. The van der Waals surface area contributed by atoms with E-state index < -0.39 is 0 Å². The summed E-state index contributed by atoms with van der Waals surface area (Å²) in [4.78, 5) is 24.1. The zero-order valence-corrected chi connectivity index (χ0v) is 16.3. The number of allylic oxidation sites excluding steroid dienone is 2. The summed E-state index contributed by atoms with van der Waals surface area (Å²) < 4.78 is 4.78. The second kappa shape index (κ2) is 7.01. The highest BCUT2D eigenvalue weighted by molar-refractivity contribution is 5.97. The number of methoxy groups -OCH3 is 1. The van der Waals surface area contributed by atoms with Crippen LogP contribution in [-0.4, -0.2) is 18.9 Å². The maximum atomic E-state index is 12.6. The summed E-state index contributed by atoms with van der Waals surface area (Å²) in [6.07, 6.45) is 6.68. The lowest BCUT2D eigenvalue weighted by atomic mass is 9.49. The van der Waals surface area contributed by atoms with E-state index in [1.54, 1.807) is 0 Å². The van der Waals surface area contributed by atoms with Crippen LogP contribution in [0.1, 0.15) is 79.6 Å². The molecular formula is C21H34O3. The van der Waals surface area contributed by atoms with Gasteiger partial charge < -0.3 is 4.74 Å². The first-order valence-corrected chi connectivity index (χ1v) is 9.42. The van der Waals surface area contributed by atoms with Crippen molar-refractivity contribution in [3.63, 3.8) is 0 Å². The lowest BCUT2D eigenvalue weighted by Gasteiger charge is -2.54. The molecule has 24 heavy (non-hydrogen) atoms. The molecule has 2 aliphatic rings. The van der Waals surface area contributed by atoms with Crippen LogP contribution in [0.15, 0.2) is 11.1 Å². The number of carbonyl (C=O) groups is 2. The predicted molar refractivity (Wildman–Crippen MR) is 96.6 cm³/mol. The molecule has 3 nitrogen and oxygen atoms in total. The third kappa shape index (κ3) is 3.60. The van der Waals surface area contributed by atoms with Crippen LogP contribution in [0.3, 0.4) is 0 Å². The van der Waals surface area contributed by atoms with Gasteiger partial charge in [0.05, 0.1) is 7.11 Å². The Morgan fingerprint density at radius 1 is 1.29 bits per heavy atom. The number of hydrogen-bond donors (Lipinski definition) is 0. The van der Waals surface area contributed by atoms with E-state index in [4.69, 9.17) is 4.74 Å². The fourth-order valence-corrected chi connectivity index (χ4v) is 5.25. The molecule has 0 aromatic carbocycles. The summed E-state index contributed by atoms with van der Waals surface area (Å²) in [6.45, 7) is 11.2. The number of esters is 1. The zero-order valence-electron chi connectivity index (χ0n) is 16.3. The van der Waals surface area contributed by atoms with Crippen molar-refractivity contribution in [3.05, 3.63) is 11.1 Å². The molecule has 0 aliphatic heterocycles. The fraction of sp³-hybridized carbons (Fsp3) is 0.810. The molecule has 3 unspecified atom stereocenters. The van der Waals surface area contributed by atoms with Crippen LogP contribution in [-0.2, 0) is 14.3 Å². The van der Waals surface area contributed by atoms with Crippen LogP contribution >= 0.6 is 0 Å². The van der Waals surface area contributed by atoms with E-state index in [9.17, 15) is 9.59 Å². The van der Waals surface area contributed by atoms with Crippen molar-refractivity contribution in [1.29, 1.82) is 0 Å². The summed E-state index contributed by atoms with van der Waals surface area (Å²) in [5, 5.41) is 0. The first-order chi connectivity index (χ1) is 11.1. The second-order valence-corrected chi connectivity index (χ2v) is 8.97. The van der Waals surface area contributed by atoms with Gasteiger partial charge in [-0.15, -0.1) is 0 Å². The molecule has 0 radical (unpaired) electrons. The van der Waals surface area contributed by atoms with E-state index >= 15 is 0 Å². The Hall–Kier alpha value is -1.12. The third-order valence-electron chi connectivity index (χ3n) is 6.81. The van der Waals surface area contributed by atoms with Crippen molar-refractivity contribution in [1.82, 2.24) is 0 Å². The van der Waals surface area contributed by atoms with E-state index in [1.165, 1.54) is 31.9 Å². The third-order valence-corrected chi connectivity index (χ3v) is 6.81. The summed E-state index contributed by atoms with van der Waals surface area (Å²) in [5.41, 5.74) is 2.74. The van der Waals surface area contributed by atoms with Crippen molar-refractivity contribution in [2.75, 3.05) is 7.11 Å². The standard InChI is InChI=1S/C21H34O3/c1-14(12-19(23)24-6)8-9-16-15(2)17(22)13-18-20(3,4)10-7-11-21(16,18)5/h14,18H,7-13H2,1-6H3. The molecule has 0 spiro atoms. The van der Waals surface area contributed by atoms with Gasteiger partial charge in [-0.1, -0.05) is 39.7 Å². The van der Waals surface area contributed by atoms with Gasteiger partial charge in [0, 0.05) is 12.8 Å². The summed E-state index contributed by atoms with van der Waals surface area (Å²) in [7, 11) is 1.44. The Morgan fingerprint density at radius 3 is 2.58 bits per heavy atom. The molecule has 3 heteroatoms. The Morgan fingerprint density at radius 2 is 1.96 bits per heavy atom. The van der Waals surface area contributed by atoms with E-state index in [0.717, 1.165) is 18.4 Å². The minimum absolute atomic E-state index is 0.143. The van der Waals surface area contributed by atoms with E-state index in [2.05, 4.69) is 27.7 Å². The van der Waals surface area contributed by atoms with Crippen LogP contribution in [0, 0.1) is 22.7 Å². The number of ketones is 1. The SMILES string of the molecule is COC(=O)CC(C)CCC1=C(C)C(=O)CC2C(C)(C)CCCC12C. The molecule has 1 saturated carbocycles. The van der Waals surface area contributed by atoms with Gasteiger partial charge in [0.2, 0.25) is 0 Å². The largest absolute Gasteiger partial charge is 0.469 e. The lowest BCUT2D eigenvalue weighted by Crippen LogP contribution is -2.47. The summed E-state index contributed by atoms with van der Waals surface area (Å²) in [6, 6.07) is 0. The number of fused-ring (bicyclic) bond motifs is 1. The fourth-order valence-electron chi connectivity index (χ4n) is 5.25. The molecular weight excluding hydrogens is 300 g/mol. The molecule has 0 bridgehead atoms. The van der Waals surface area contributed by atoms with Gasteiger partial charge in [0.25, 0.3) is 0 Å². The number of hydrogen-bond acceptors (Lipinski definition) is 3. The van der Waals surface area contributed by atoms with Crippen molar-refractivity contribution in [2.24, 2.45) is 22.7 Å². The van der Waals surface area contributed by atoms with Gasteiger partial charge in [-0.2, -0.15) is 0 Å². The predicted octanol–water partition coefficient (Wildman–Crippen LogP) is 5.09. The minimum atomic E-state index is -0.143. The van der Waals surface area contributed by atoms with Gasteiger partial charge in [-0.25, -0.2) is 0 Å². The molecule has 0 heterocycles. The monoisotopic (exact) mass is 334 g/mol. The van der Waals surface area contributed by atoms with Crippen LogP contribution in [0.2, 0.25) is 0 Å². The quantitative estimate of drug-likeness (QED) is 0.658. The van der Waals surface area contributed by atoms with Gasteiger partial charge in [0.1, 0.15) is 0 Å². The van der Waals surface area contributed by atoms with Gasteiger partial charge in [0.15, 0.2) is 5.78 Å². The molecule has 0 aromatic rings. The number of ether oxygens (including phenoxy) is 1. The molecule has 2 rings (SSSR count). The lowest BCUT2D eigenvalue weighted by molar-refractivity contribution is -0.141. The summed E-state index contributed by atoms with van der Waals surface area (Å²) >= 11 is 0. The minimum Gasteiger partial charge on any atom is -0.469 e. The molecule has 136 valence electrons. The normalized spacial score (nSPS) is 30.8.